The highest BCUT2D eigenvalue weighted by Crippen LogP contribution is 2.19. The zero-order valence-corrected chi connectivity index (χ0v) is 11.9. The van der Waals surface area contributed by atoms with Crippen molar-refractivity contribution in [3.8, 4) is 0 Å². The molecule has 2 aromatic carbocycles. The van der Waals surface area contributed by atoms with Crippen LogP contribution in [0.15, 0.2) is 54.6 Å². The third-order valence-electron chi connectivity index (χ3n) is 2.89. The first-order chi connectivity index (χ1) is 10.8. The van der Waals surface area contributed by atoms with Crippen LogP contribution in [0.4, 0.5) is 24.5 Å². The molecule has 7 heteroatoms. The predicted molar refractivity (Wildman–Crippen MR) is 79.9 cm³/mol. The SMILES string of the molecule is O=C(Cc1ccccc1)Nc1ccc(NC(=O)C(F)(F)F)cc1. The van der Waals surface area contributed by atoms with Crippen LogP contribution in [0.5, 0.6) is 0 Å². The van der Waals surface area contributed by atoms with E-state index in [-0.39, 0.29) is 18.0 Å². The summed E-state index contributed by atoms with van der Waals surface area (Å²) in [6.45, 7) is 0. The van der Waals surface area contributed by atoms with Crippen LogP contribution >= 0.6 is 0 Å². The second-order valence-corrected chi connectivity index (χ2v) is 4.74. The molecule has 0 spiro atoms. The number of carbonyl (C=O) groups excluding carboxylic acids is 2. The van der Waals surface area contributed by atoms with E-state index in [1.807, 2.05) is 30.3 Å². The molecule has 23 heavy (non-hydrogen) atoms. The first-order valence-corrected chi connectivity index (χ1v) is 6.66. The summed E-state index contributed by atoms with van der Waals surface area (Å²) < 4.78 is 36.4. The minimum atomic E-state index is -4.94. The highest BCUT2D eigenvalue weighted by atomic mass is 19.4. The van der Waals surface area contributed by atoms with Crippen molar-refractivity contribution in [3.05, 3.63) is 60.2 Å². The zero-order valence-electron chi connectivity index (χ0n) is 11.9. The fourth-order valence-electron chi connectivity index (χ4n) is 1.83. The fourth-order valence-corrected chi connectivity index (χ4v) is 1.83. The Morgan fingerprint density at radius 1 is 0.826 bits per heavy atom. The molecule has 0 radical (unpaired) electrons. The molecular formula is C16H13F3N2O2. The number of halogens is 3. The molecule has 0 saturated heterocycles. The summed E-state index contributed by atoms with van der Waals surface area (Å²) in [5, 5.41) is 4.35. The van der Waals surface area contributed by atoms with E-state index in [1.54, 1.807) is 5.32 Å². The zero-order chi connectivity index (χ0) is 16.9. The van der Waals surface area contributed by atoms with Gasteiger partial charge in [-0.05, 0) is 29.8 Å². The highest BCUT2D eigenvalue weighted by Gasteiger charge is 2.38. The lowest BCUT2D eigenvalue weighted by Crippen LogP contribution is -2.29. The molecule has 0 unspecified atom stereocenters. The van der Waals surface area contributed by atoms with Crippen LogP contribution in [0.2, 0.25) is 0 Å². The largest absolute Gasteiger partial charge is 0.471 e. The number of benzene rings is 2. The average molecular weight is 322 g/mol. The Morgan fingerprint density at radius 3 is 1.87 bits per heavy atom. The van der Waals surface area contributed by atoms with Crippen molar-refractivity contribution in [2.24, 2.45) is 0 Å². The van der Waals surface area contributed by atoms with Crippen molar-refractivity contribution < 1.29 is 22.8 Å². The smallest absolute Gasteiger partial charge is 0.326 e. The lowest BCUT2D eigenvalue weighted by Gasteiger charge is -2.09. The van der Waals surface area contributed by atoms with Gasteiger partial charge in [0, 0.05) is 11.4 Å². The molecule has 0 aliphatic heterocycles. The van der Waals surface area contributed by atoms with Crippen LogP contribution in [0.3, 0.4) is 0 Å². The third-order valence-corrected chi connectivity index (χ3v) is 2.89. The minimum absolute atomic E-state index is 0.00613. The molecule has 2 aromatic rings. The molecule has 0 fully saturated rings. The van der Waals surface area contributed by atoms with E-state index in [4.69, 9.17) is 0 Å². The van der Waals surface area contributed by atoms with Gasteiger partial charge < -0.3 is 10.6 Å². The van der Waals surface area contributed by atoms with Gasteiger partial charge in [0.25, 0.3) is 0 Å². The Morgan fingerprint density at radius 2 is 1.35 bits per heavy atom. The van der Waals surface area contributed by atoms with Gasteiger partial charge in [0.05, 0.1) is 6.42 Å². The lowest BCUT2D eigenvalue weighted by molar-refractivity contribution is -0.167. The first kappa shape index (κ1) is 16.5. The summed E-state index contributed by atoms with van der Waals surface area (Å²) in [4.78, 5) is 22.6. The topological polar surface area (TPSA) is 58.2 Å². The number of alkyl halides is 3. The summed E-state index contributed by atoms with van der Waals surface area (Å²) in [7, 11) is 0. The summed E-state index contributed by atoms with van der Waals surface area (Å²) in [5.74, 6) is -2.29. The van der Waals surface area contributed by atoms with Gasteiger partial charge in [0.2, 0.25) is 5.91 Å². The molecule has 2 rings (SSSR count). The fraction of sp³-hybridized carbons (Fsp3) is 0.125. The van der Waals surface area contributed by atoms with E-state index < -0.39 is 12.1 Å². The Balaban J connectivity index is 1.92. The highest BCUT2D eigenvalue weighted by molar-refractivity contribution is 5.96. The maximum absolute atomic E-state index is 12.1. The molecule has 4 nitrogen and oxygen atoms in total. The molecule has 0 aromatic heterocycles. The molecular weight excluding hydrogens is 309 g/mol. The number of amides is 2. The third kappa shape index (κ3) is 5.14. The molecule has 0 aliphatic carbocycles. The van der Waals surface area contributed by atoms with Crippen molar-refractivity contribution in [3.63, 3.8) is 0 Å². The van der Waals surface area contributed by atoms with Crippen molar-refractivity contribution in [2.45, 2.75) is 12.6 Å². The maximum Gasteiger partial charge on any atom is 0.471 e. The molecule has 0 heterocycles. The Kier molecular flexibility index (Phi) is 5.00. The molecule has 2 amide bonds. The number of anilines is 2. The van der Waals surface area contributed by atoms with Crippen LogP contribution in [-0.2, 0) is 16.0 Å². The number of rotatable bonds is 4. The normalized spacial score (nSPS) is 10.9. The molecule has 120 valence electrons. The van der Waals surface area contributed by atoms with Crippen molar-refractivity contribution in [1.29, 1.82) is 0 Å². The maximum atomic E-state index is 12.1. The Bertz CT molecular complexity index is 683. The van der Waals surface area contributed by atoms with Gasteiger partial charge in [-0.25, -0.2) is 0 Å². The monoisotopic (exact) mass is 322 g/mol. The van der Waals surface area contributed by atoms with Crippen LogP contribution in [0.25, 0.3) is 0 Å². The van der Waals surface area contributed by atoms with E-state index >= 15 is 0 Å². The van der Waals surface area contributed by atoms with Gasteiger partial charge in [-0.15, -0.1) is 0 Å². The molecule has 2 N–H and O–H groups in total. The minimum Gasteiger partial charge on any atom is -0.326 e. The van der Waals surface area contributed by atoms with Gasteiger partial charge in [-0.3, -0.25) is 9.59 Å². The van der Waals surface area contributed by atoms with Crippen molar-refractivity contribution in [2.75, 3.05) is 10.6 Å². The first-order valence-electron chi connectivity index (χ1n) is 6.66. The average Bonchev–Trinajstić information content (AvgIpc) is 2.49. The predicted octanol–water partition coefficient (Wildman–Crippen LogP) is 3.37. The molecule has 0 saturated carbocycles. The van der Waals surface area contributed by atoms with E-state index in [0.29, 0.717) is 5.69 Å². The van der Waals surface area contributed by atoms with E-state index in [9.17, 15) is 22.8 Å². The van der Waals surface area contributed by atoms with Gasteiger partial charge in [-0.1, -0.05) is 30.3 Å². The number of hydrogen-bond donors (Lipinski definition) is 2. The van der Waals surface area contributed by atoms with E-state index in [1.165, 1.54) is 24.3 Å². The summed E-state index contributed by atoms with van der Waals surface area (Å²) in [6, 6.07) is 14.5. The summed E-state index contributed by atoms with van der Waals surface area (Å²) >= 11 is 0. The quantitative estimate of drug-likeness (QED) is 0.907. The van der Waals surface area contributed by atoms with Gasteiger partial charge in [0.1, 0.15) is 0 Å². The van der Waals surface area contributed by atoms with Gasteiger partial charge >= 0.3 is 12.1 Å². The van der Waals surface area contributed by atoms with E-state index in [2.05, 4.69) is 5.32 Å². The lowest BCUT2D eigenvalue weighted by atomic mass is 10.1. The summed E-state index contributed by atoms with van der Waals surface area (Å²) in [5.41, 5.74) is 1.27. The van der Waals surface area contributed by atoms with Crippen LogP contribution < -0.4 is 10.6 Å². The number of hydrogen-bond acceptors (Lipinski definition) is 2. The molecule has 0 atom stereocenters. The summed E-state index contributed by atoms with van der Waals surface area (Å²) in [6.07, 6.45) is -4.75. The number of carbonyl (C=O) groups is 2. The van der Waals surface area contributed by atoms with Crippen LogP contribution in [0.1, 0.15) is 5.56 Å². The van der Waals surface area contributed by atoms with Crippen molar-refractivity contribution in [1.82, 2.24) is 0 Å². The van der Waals surface area contributed by atoms with Gasteiger partial charge in [0.15, 0.2) is 0 Å². The molecule has 0 aliphatic rings. The second-order valence-electron chi connectivity index (χ2n) is 4.74. The second kappa shape index (κ2) is 6.95. The standard InChI is InChI=1S/C16H13F3N2O2/c17-16(18,19)15(23)21-13-8-6-12(7-9-13)20-14(22)10-11-4-2-1-3-5-11/h1-9H,10H2,(H,20,22)(H,21,23). The van der Waals surface area contributed by atoms with E-state index in [0.717, 1.165) is 5.56 Å². The Hall–Kier alpha value is -2.83. The molecule has 0 bridgehead atoms. The van der Waals surface area contributed by atoms with Crippen LogP contribution in [0, 0.1) is 0 Å². The van der Waals surface area contributed by atoms with Crippen LogP contribution in [-0.4, -0.2) is 18.0 Å². The number of nitrogens with one attached hydrogen (secondary N) is 2. The Labute approximate surface area is 130 Å². The van der Waals surface area contributed by atoms with Gasteiger partial charge in [-0.2, -0.15) is 13.2 Å². The van der Waals surface area contributed by atoms with Crippen molar-refractivity contribution >= 4 is 23.2 Å².